The van der Waals surface area contributed by atoms with Crippen LogP contribution in [0.5, 0.6) is 0 Å². The monoisotopic (exact) mass is 734 g/mol. The molecule has 0 spiro atoms. The Morgan fingerprint density at radius 2 is 1.21 bits per heavy atom. The maximum absolute atomic E-state index is 12.7. The Labute approximate surface area is 305 Å². The van der Waals surface area contributed by atoms with Gasteiger partial charge in [0.25, 0.3) is 5.91 Å². The van der Waals surface area contributed by atoms with Crippen LogP contribution in [0.1, 0.15) is 61.4 Å². The van der Waals surface area contributed by atoms with Gasteiger partial charge in [0.15, 0.2) is 6.29 Å². The number of hydrogen-bond donors (Lipinski definition) is 7. The fourth-order valence-electron chi connectivity index (χ4n) is 5.78. The Kier molecular flexibility index (Phi) is 21.3. The number of nitrogens with zero attached hydrogens (tertiary/aromatic N) is 4. The van der Waals surface area contributed by atoms with Crippen LogP contribution in [-0.2, 0) is 30.5 Å². The fourth-order valence-corrected chi connectivity index (χ4v) is 5.78. The Bertz CT molecular complexity index is 1240. The summed E-state index contributed by atoms with van der Waals surface area (Å²) in [6.45, 7) is 4.94. The number of carbonyl (C=O) groups is 6. The van der Waals surface area contributed by atoms with Crippen molar-refractivity contribution in [2.75, 3.05) is 85.1 Å². The molecule has 1 aromatic carbocycles. The maximum atomic E-state index is 12.7. The number of nitrogens with one attached hydrogen (secondary N) is 3. The van der Waals surface area contributed by atoms with E-state index in [1.165, 1.54) is 0 Å². The molecule has 292 valence electrons. The highest BCUT2D eigenvalue weighted by Gasteiger charge is 2.23. The van der Waals surface area contributed by atoms with Crippen LogP contribution in [0.25, 0.3) is 0 Å². The number of aldehydes is 1. The Morgan fingerprint density at radius 1 is 0.731 bits per heavy atom. The van der Waals surface area contributed by atoms with E-state index in [1.54, 1.807) is 39.0 Å². The number of rotatable bonds is 22. The van der Waals surface area contributed by atoms with E-state index in [4.69, 9.17) is 5.73 Å². The summed E-state index contributed by atoms with van der Waals surface area (Å²) in [6, 6.07) is 6.38. The summed E-state index contributed by atoms with van der Waals surface area (Å²) in [5.41, 5.74) is 7.27. The predicted molar refractivity (Wildman–Crippen MR) is 194 cm³/mol. The van der Waals surface area contributed by atoms with E-state index in [1.807, 2.05) is 4.90 Å². The van der Waals surface area contributed by atoms with E-state index in [2.05, 4.69) is 22.9 Å². The lowest BCUT2D eigenvalue weighted by atomic mass is 10.1. The van der Waals surface area contributed by atoms with Gasteiger partial charge in [-0.2, -0.15) is 0 Å². The van der Waals surface area contributed by atoms with Gasteiger partial charge in [-0.15, -0.1) is 0 Å². The molecule has 1 aromatic rings. The molecule has 17 heteroatoms. The molecule has 2 rings (SSSR count). The van der Waals surface area contributed by atoms with Crippen molar-refractivity contribution in [3.05, 3.63) is 35.4 Å². The first kappa shape index (κ1) is 44.2. The van der Waals surface area contributed by atoms with Crippen LogP contribution >= 0.6 is 0 Å². The van der Waals surface area contributed by atoms with Gasteiger partial charge in [-0.3, -0.25) is 48.9 Å². The van der Waals surface area contributed by atoms with E-state index in [0.717, 1.165) is 31.1 Å². The van der Waals surface area contributed by atoms with Gasteiger partial charge in [-0.1, -0.05) is 31.9 Å². The van der Waals surface area contributed by atoms with Gasteiger partial charge in [0.2, 0.25) is 5.91 Å². The van der Waals surface area contributed by atoms with Gasteiger partial charge < -0.3 is 36.5 Å². The summed E-state index contributed by atoms with van der Waals surface area (Å²) in [4.78, 5) is 78.5. The summed E-state index contributed by atoms with van der Waals surface area (Å²) in [7, 11) is 0. The minimum Gasteiger partial charge on any atom is -0.480 e. The van der Waals surface area contributed by atoms with Crippen molar-refractivity contribution in [3.63, 3.8) is 0 Å². The molecular weight excluding hydrogens is 676 g/mol. The molecule has 52 heavy (non-hydrogen) atoms. The number of carboxylic acid groups (broad SMARTS) is 3. The van der Waals surface area contributed by atoms with Gasteiger partial charge in [0, 0.05) is 77.6 Å². The molecule has 1 aliphatic heterocycles. The smallest absolute Gasteiger partial charge is 0.317 e. The van der Waals surface area contributed by atoms with Gasteiger partial charge >= 0.3 is 17.9 Å². The zero-order valence-corrected chi connectivity index (χ0v) is 30.3. The highest BCUT2D eigenvalue weighted by atomic mass is 16.4. The number of amides is 2. The highest BCUT2D eigenvalue weighted by Crippen LogP contribution is 2.08. The lowest BCUT2D eigenvalue weighted by Gasteiger charge is -2.35. The van der Waals surface area contributed by atoms with Crippen molar-refractivity contribution in [1.29, 1.82) is 0 Å². The summed E-state index contributed by atoms with van der Waals surface area (Å²) >= 11 is 0. The minimum atomic E-state index is -1.03. The van der Waals surface area contributed by atoms with E-state index in [0.29, 0.717) is 51.0 Å². The maximum Gasteiger partial charge on any atom is 0.317 e. The summed E-state index contributed by atoms with van der Waals surface area (Å²) in [6.07, 6.45) is 4.96. The number of carbonyl (C=O) groups excluding carboxylic acids is 3. The SMILES string of the molecule is CCCCCNC(=O)[C@H](N)CCCCNC(=O)c1ccc(CNC(C=O)N2CCN(CC(=O)O)CCN(CC(=O)O)CCN(CC(=O)O)CC2)cc1. The van der Waals surface area contributed by atoms with E-state index in [-0.39, 0.29) is 77.3 Å². The molecule has 1 fully saturated rings. The first-order valence-electron chi connectivity index (χ1n) is 18.1. The molecule has 0 aliphatic carbocycles. The molecular formula is C35H58N8O9. The summed E-state index contributed by atoms with van der Waals surface area (Å²) in [5.74, 6) is -3.47. The first-order valence-corrected chi connectivity index (χ1v) is 18.1. The second kappa shape index (κ2) is 25.1. The molecule has 2 amide bonds. The van der Waals surface area contributed by atoms with Crippen LogP contribution in [0.3, 0.4) is 0 Å². The van der Waals surface area contributed by atoms with E-state index < -0.39 is 30.1 Å². The molecule has 17 nitrogen and oxygen atoms in total. The zero-order valence-electron chi connectivity index (χ0n) is 30.3. The molecule has 0 radical (unpaired) electrons. The van der Waals surface area contributed by atoms with Gasteiger partial charge in [0.05, 0.1) is 25.7 Å². The largest absolute Gasteiger partial charge is 0.480 e. The van der Waals surface area contributed by atoms with Gasteiger partial charge in [-0.25, -0.2) is 0 Å². The first-order chi connectivity index (χ1) is 24.9. The molecule has 2 atom stereocenters. The Hall–Kier alpha value is -4.00. The minimum absolute atomic E-state index is 0.148. The molecule has 0 bridgehead atoms. The van der Waals surface area contributed by atoms with E-state index in [9.17, 15) is 44.1 Å². The van der Waals surface area contributed by atoms with Crippen molar-refractivity contribution in [1.82, 2.24) is 35.6 Å². The third-order valence-corrected chi connectivity index (χ3v) is 8.85. The lowest BCUT2D eigenvalue weighted by Crippen LogP contribution is -2.53. The van der Waals surface area contributed by atoms with Crippen molar-refractivity contribution in [2.45, 2.75) is 64.2 Å². The second-order valence-corrected chi connectivity index (χ2v) is 13.1. The third kappa shape index (κ3) is 18.5. The van der Waals surface area contributed by atoms with E-state index >= 15 is 0 Å². The third-order valence-electron chi connectivity index (χ3n) is 8.85. The molecule has 1 aliphatic rings. The zero-order chi connectivity index (χ0) is 38.3. The molecule has 1 saturated heterocycles. The van der Waals surface area contributed by atoms with Gasteiger partial charge in [-0.05, 0) is 43.4 Å². The number of carboxylic acids is 3. The van der Waals surface area contributed by atoms with Crippen molar-refractivity contribution in [2.24, 2.45) is 5.73 Å². The standard InChI is InChI=1S/C35H58N8O9/c1-2-3-5-12-38-35(52)29(36)7-4-6-13-37-34(51)28-10-8-27(9-11-28)22-39-30(26-44)43-20-18-41(24-32(47)48)16-14-40(23-31(45)46)15-17-42(19-21-43)25-33(49)50/h8-11,26,29-30,39H,2-7,12-25,36H2,1H3,(H,37,51)(H,38,52)(H,45,46)(H,47,48)(H,49,50)/t29-,30?/m1/s1. The Morgan fingerprint density at radius 3 is 1.69 bits per heavy atom. The van der Waals surface area contributed by atoms with Crippen LogP contribution in [0, 0.1) is 0 Å². The van der Waals surface area contributed by atoms with Crippen LogP contribution < -0.4 is 21.7 Å². The molecule has 8 N–H and O–H groups in total. The summed E-state index contributed by atoms with van der Waals surface area (Å²) < 4.78 is 0. The Balaban J connectivity index is 1.94. The molecule has 1 unspecified atom stereocenters. The summed E-state index contributed by atoms with van der Waals surface area (Å²) in [5, 5.41) is 37.2. The normalized spacial score (nSPS) is 16.9. The van der Waals surface area contributed by atoms with Crippen LogP contribution in [0.4, 0.5) is 0 Å². The second-order valence-electron chi connectivity index (χ2n) is 13.1. The van der Waals surface area contributed by atoms with Gasteiger partial charge in [0.1, 0.15) is 6.17 Å². The number of hydrogen-bond acceptors (Lipinski definition) is 12. The predicted octanol–water partition coefficient (Wildman–Crippen LogP) is -0.690. The van der Waals surface area contributed by atoms with Crippen molar-refractivity contribution in [3.8, 4) is 0 Å². The average molecular weight is 735 g/mol. The fraction of sp³-hybridized carbons (Fsp3) is 0.657. The molecule has 1 heterocycles. The number of unbranched alkanes of at least 4 members (excludes halogenated alkanes) is 3. The van der Waals surface area contributed by atoms with Crippen molar-refractivity contribution < 1.29 is 44.1 Å². The average Bonchev–Trinajstić information content (AvgIpc) is 3.10. The van der Waals surface area contributed by atoms with Crippen LogP contribution in [-0.4, -0.2) is 168 Å². The number of benzene rings is 1. The topological polar surface area (TPSA) is 238 Å². The molecule has 0 aromatic heterocycles. The highest BCUT2D eigenvalue weighted by molar-refractivity contribution is 5.94. The van der Waals surface area contributed by atoms with Crippen molar-refractivity contribution >= 4 is 36.0 Å². The quantitative estimate of drug-likeness (QED) is 0.0577. The van der Waals surface area contributed by atoms with Crippen LogP contribution in [0.2, 0.25) is 0 Å². The lowest BCUT2D eigenvalue weighted by molar-refractivity contribution is -0.140. The number of nitrogens with two attached hydrogens (primary N) is 1. The van der Waals surface area contributed by atoms with Crippen LogP contribution in [0.15, 0.2) is 24.3 Å². The molecule has 0 saturated carbocycles. The number of aliphatic carboxylic acids is 3.